The van der Waals surface area contributed by atoms with Crippen molar-refractivity contribution >= 4 is 90.6 Å². The molecule has 6 aromatic rings. The number of sulfonamides is 2. The molecule has 0 fully saturated rings. The molecule has 0 saturated heterocycles. The summed E-state index contributed by atoms with van der Waals surface area (Å²) in [4.78, 5) is 10.2. The van der Waals surface area contributed by atoms with Crippen molar-refractivity contribution in [3.05, 3.63) is 109 Å². The van der Waals surface area contributed by atoms with Gasteiger partial charge >= 0.3 is 6.03 Å². The summed E-state index contributed by atoms with van der Waals surface area (Å²) in [6.45, 7) is 0. The van der Waals surface area contributed by atoms with E-state index in [1.807, 2.05) is 0 Å². The van der Waals surface area contributed by atoms with Crippen LogP contribution < -0.4 is 20.1 Å². The summed E-state index contributed by atoms with van der Waals surface area (Å²) < 4.78 is 125. The Hall–Kier alpha value is -5.97. The molecule has 0 atom stereocenters. The van der Waals surface area contributed by atoms with Crippen LogP contribution in [0.1, 0.15) is 0 Å². The number of benzene rings is 6. The smallest absolute Gasteiger partial charge is 0.323 e. The highest BCUT2D eigenvalue weighted by Gasteiger charge is 2.27. The molecule has 0 saturated carbocycles. The second-order valence-corrected chi connectivity index (χ2v) is 17.6. The van der Waals surface area contributed by atoms with Gasteiger partial charge in [-0.05, 0) is 59.3 Å². The largest absolute Gasteiger partial charge is 0.504 e. The number of anilines is 4. The lowest BCUT2D eigenvalue weighted by Gasteiger charge is -2.16. The lowest BCUT2D eigenvalue weighted by atomic mass is 10.1. The lowest BCUT2D eigenvalue weighted by molar-refractivity contribution is 0.262. The standard InChI is InChI=1S/C33H26N4O13S4/c38-31-27(53(45,46)47)15-19-7-1-3-13-25(19)29(31)36-51(41,42)23-11-5-9-21(17-23)34-33(40)35-22-10-6-12-24(18-22)52(43,44)37-30-26-14-4-2-8-20(26)16-28(32(30)39)54(48,49)50/h1-18,36-39H,(H2,34,35,40)(H,45,46,47)(H,48,49,50). The van der Waals surface area contributed by atoms with Crippen molar-refractivity contribution in [2.75, 3.05) is 20.1 Å². The third-order valence-electron chi connectivity index (χ3n) is 7.81. The van der Waals surface area contributed by atoms with Gasteiger partial charge in [-0.3, -0.25) is 18.5 Å². The van der Waals surface area contributed by atoms with Crippen molar-refractivity contribution in [3.63, 3.8) is 0 Å². The van der Waals surface area contributed by atoms with Crippen LogP contribution in [0.3, 0.4) is 0 Å². The van der Waals surface area contributed by atoms with E-state index in [1.54, 1.807) is 0 Å². The van der Waals surface area contributed by atoms with E-state index in [1.165, 1.54) is 72.8 Å². The second kappa shape index (κ2) is 13.8. The van der Waals surface area contributed by atoms with Gasteiger partial charge in [0.15, 0.2) is 11.5 Å². The summed E-state index contributed by atoms with van der Waals surface area (Å²) in [5.41, 5.74) is -1.20. The fourth-order valence-corrected chi connectivity index (χ4v) is 8.89. The molecule has 6 aromatic carbocycles. The Balaban J connectivity index is 1.23. The van der Waals surface area contributed by atoms with Gasteiger partial charge in [0.05, 0.1) is 21.2 Å². The molecule has 0 aliphatic heterocycles. The van der Waals surface area contributed by atoms with E-state index in [2.05, 4.69) is 20.1 Å². The molecular formula is C33H26N4O13S4. The number of carbonyl (C=O) groups excluding carboxylic acids is 1. The number of carbonyl (C=O) groups is 1. The van der Waals surface area contributed by atoms with Crippen LogP contribution in [0.5, 0.6) is 11.5 Å². The summed E-state index contributed by atoms with van der Waals surface area (Å²) in [5, 5.41) is 26.7. The molecule has 280 valence electrons. The van der Waals surface area contributed by atoms with Crippen molar-refractivity contribution in [2.24, 2.45) is 0 Å². The van der Waals surface area contributed by atoms with Crippen LogP contribution in [0.15, 0.2) is 129 Å². The number of hydrogen-bond acceptors (Lipinski definition) is 11. The van der Waals surface area contributed by atoms with Crippen molar-refractivity contribution < 1.29 is 57.8 Å². The maximum atomic E-state index is 13.4. The minimum absolute atomic E-state index is 0.0670. The van der Waals surface area contributed by atoms with Crippen LogP contribution in [-0.4, -0.2) is 59.0 Å². The molecule has 0 aromatic heterocycles. The van der Waals surface area contributed by atoms with Crippen molar-refractivity contribution in [1.82, 2.24) is 0 Å². The number of hydrogen-bond donors (Lipinski definition) is 8. The average Bonchev–Trinajstić information content (AvgIpc) is 3.09. The number of rotatable bonds is 10. The number of phenolic OH excluding ortho intramolecular Hbond substituents is 2. The highest BCUT2D eigenvalue weighted by Crippen LogP contribution is 2.41. The van der Waals surface area contributed by atoms with Crippen LogP contribution >= 0.6 is 0 Å². The number of phenols is 2. The Morgan fingerprint density at radius 2 is 0.852 bits per heavy atom. The summed E-state index contributed by atoms with van der Waals surface area (Å²) in [5.74, 6) is -2.10. The summed E-state index contributed by atoms with van der Waals surface area (Å²) in [6, 6.07) is 22.3. The molecule has 17 nitrogen and oxygen atoms in total. The number of fused-ring (bicyclic) bond motifs is 2. The predicted octanol–water partition coefficient (Wildman–Crippen LogP) is 5.14. The van der Waals surface area contributed by atoms with Crippen molar-refractivity contribution in [2.45, 2.75) is 19.6 Å². The van der Waals surface area contributed by atoms with E-state index >= 15 is 0 Å². The first kappa shape index (κ1) is 37.8. The number of aromatic hydroxyl groups is 2. The highest BCUT2D eigenvalue weighted by atomic mass is 32.2. The molecule has 0 aliphatic rings. The highest BCUT2D eigenvalue weighted by molar-refractivity contribution is 7.93. The summed E-state index contributed by atoms with van der Waals surface area (Å²) in [7, 11) is -19.1. The number of amides is 2. The molecule has 0 spiro atoms. The Morgan fingerprint density at radius 1 is 0.481 bits per heavy atom. The monoisotopic (exact) mass is 814 g/mol. The molecule has 0 bridgehead atoms. The third kappa shape index (κ3) is 7.71. The normalized spacial score (nSPS) is 12.3. The maximum absolute atomic E-state index is 13.4. The van der Waals surface area contributed by atoms with Gasteiger partial charge in [0.2, 0.25) is 0 Å². The van der Waals surface area contributed by atoms with Gasteiger partial charge in [0.25, 0.3) is 40.3 Å². The fraction of sp³-hybridized carbons (Fsp3) is 0. The predicted molar refractivity (Wildman–Crippen MR) is 198 cm³/mol. The van der Waals surface area contributed by atoms with Crippen LogP contribution in [0.25, 0.3) is 21.5 Å². The SMILES string of the molecule is O=C(Nc1cccc(S(=O)(=O)Nc2c(O)c(S(=O)(=O)O)cc3ccccc23)c1)Nc1cccc(S(=O)(=O)Nc2c(O)c(S(=O)(=O)O)cc3ccccc23)c1. The van der Waals surface area contributed by atoms with Crippen molar-refractivity contribution in [1.29, 1.82) is 0 Å². The van der Waals surface area contributed by atoms with E-state index in [-0.39, 0.29) is 32.9 Å². The fourth-order valence-electron chi connectivity index (χ4n) is 5.38. The van der Waals surface area contributed by atoms with Gasteiger partial charge in [-0.2, -0.15) is 16.8 Å². The zero-order valence-electron chi connectivity index (χ0n) is 27.0. The molecule has 21 heteroatoms. The zero-order valence-corrected chi connectivity index (χ0v) is 30.3. The Kier molecular flexibility index (Phi) is 9.64. The maximum Gasteiger partial charge on any atom is 0.323 e. The lowest BCUT2D eigenvalue weighted by Crippen LogP contribution is -2.20. The van der Waals surface area contributed by atoms with E-state index in [9.17, 15) is 57.8 Å². The van der Waals surface area contributed by atoms with Crippen LogP contribution in [0, 0.1) is 0 Å². The second-order valence-electron chi connectivity index (χ2n) is 11.4. The van der Waals surface area contributed by atoms with Gasteiger partial charge in [-0.1, -0.05) is 60.7 Å². The van der Waals surface area contributed by atoms with E-state index in [0.29, 0.717) is 0 Å². The van der Waals surface area contributed by atoms with E-state index in [0.717, 1.165) is 36.4 Å². The van der Waals surface area contributed by atoms with E-state index in [4.69, 9.17) is 0 Å². The topological polar surface area (TPSA) is 283 Å². The molecule has 8 N–H and O–H groups in total. The first-order valence-corrected chi connectivity index (χ1v) is 20.9. The Bertz CT molecular complexity index is 2770. The van der Waals surface area contributed by atoms with Crippen molar-refractivity contribution in [3.8, 4) is 11.5 Å². The molecule has 6 rings (SSSR count). The number of nitrogens with one attached hydrogen (secondary N) is 4. The van der Waals surface area contributed by atoms with Crippen LogP contribution in [-0.2, 0) is 40.3 Å². The number of urea groups is 1. The van der Waals surface area contributed by atoms with Crippen LogP contribution in [0.2, 0.25) is 0 Å². The molecular weight excluding hydrogens is 789 g/mol. The Morgan fingerprint density at radius 3 is 1.22 bits per heavy atom. The average molecular weight is 815 g/mol. The minimum Gasteiger partial charge on any atom is -0.504 e. The summed E-state index contributed by atoms with van der Waals surface area (Å²) in [6.07, 6.45) is 0. The molecule has 0 heterocycles. The first-order valence-electron chi connectivity index (χ1n) is 15.0. The van der Waals surface area contributed by atoms with Crippen LogP contribution in [0.4, 0.5) is 27.5 Å². The molecule has 54 heavy (non-hydrogen) atoms. The van der Waals surface area contributed by atoms with Gasteiger partial charge in [0, 0.05) is 22.1 Å². The van der Waals surface area contributed by atoms with E-state index < -0.39 is 88.8 Å². The third-order valence-corrected chi connectivity index (χ3v) is 12.2. The van der Waals surface area contributed by atoms with Gasteiger partial charge in [-0.15, -0.1) is 0 Å². The molecule has 2 amide bonds. The first-order chi connectivity index (χ1) is 25.2. The van der Waals surface area contributed by atoms with Gasteiger partial charge in [0.1, 0.15) is 9.79 Å². The van der Waals surface area contributed by atoms with Gasteiger partial charge in [-0.25, -0.2) is 21.6 Å². The molecule has 0 unspecified atom stereocenters. The van der Waals surface area contributed by atoms with Gasteiger partial charge < -0.3 is 20.8 Å². The molecule has 0 radical (unpaired) electrons. The summed E-state index contributed by atoms with van der Waals surface area (Å²) >= 11 is 0. The Labute approximate surface area is 307 Å². The zero-order chi connectivity index (χ0) is 39.2. The quantitative estimate of drug-likeness (QED) is 0.0657. The molecule has 0 aliphatic carbocycles. The minimum atomic E-state index is -4.97.